The Morgan fingerprint density at radius 3 is 2.50 bits per heavy atom. The summed E-state index contributed by atoms with van der Waals surface area (Å²) in [6.07, 6.45) is 0. The van der Waals surface area contributed by atoms with E-state index in [1.807, 2.05) is 0 Å². The molecule has 0 unspecified atom stereocenters. The second-order valence-corrected chi connectivity index (χ2v) is 5.56. The molecule has 0 atom stereocenters. The number of carbonyl (C=O) groups excluding carboxylic acids is 1. The number of anilines is 2. The summed E-state index contributed by atoms with van der Waals surface area (Å²) >= 11 is 0. The van der Waals surface area contributed by atoms with E-state index in [1.165, 1.54) is 41.4 Å². The summed E-state index contributed by atoms with van der Waals surface area (Å²) in [7, 11) is 2.84. The number of halogens is 1. The predicted molar refractivity (Wildman–Crippen MR) is 83.8 cm³/mol. The van der Waals surface area contributed by atoms with E-state index in [9.17, 15) is 18.8 Å². The van der Waals surface area contributed by atoms with E-state index in [-0.39, 0.29) is 29.3 Å². The van der Waals surface area contributed by atoms with Crippen molar-refractivity contribution in [3.63, 3.8) is 0 Å². The van der Waals surface area contributed by atoms with Gasteiger partial charge in [-0.15, -0.1) is 0 Å². The monoisotopic (exact) mass is 329 g/mol. The van der Waals surface area contributed by atoms with E-state index >= 15 is 0 Å². The number of fused-ring (bicyclic) bond motifs is 3. The summed E-state index contributed by atoms with van der Waals surface area (Å²) in [5, 5.41) is 0. The van der Waals surface area contributed by atoms with Gasteiger partial charge in [-0.2, -0.15) is 4.98 Å². The number of rotatable bonds is 1. The fourth-order valence-corrected chi connectivity index (χ4v) is 2.95. The summed E-state index contributed by atoms with van der Waals surface area (Å²) in [6, 6.07) is 5.82. The molecule has 24 heavy (non-hydrogen) atoms. The van der Waals surface area contributed by atoms with E-state index in [2.05, 4.69) is 4.98 Å². The van der Waals surface area contributed by atoms with Crippen molar-refractivity contribution in [2.24, 2.45) is 14.1 Å². The molecule has 9 heteroatoms. The molecular formula is C15H12FN5O3. The van der Waals surface area contributed by atoms with Crippen LogP contribution in [0.3, 0.4) is 0 Å². The van der Waals surface area contributed by atoms with Crippen LogP contribution in [0.1, 0.15) is 0 Å². The molecule has 1 aromatic carbocycles. The fraction of sp³-hybridized carbons (Fsp3) is 0.200. The van der Waals surface area contributed by atoms with Gasteiger partial charge in [0.25, 0.3) is 11.5 Å². The van der Waals surface area contributed by atoms with Crippen LogP contribution in [0.25, 0.3) is 11.2 Å². The van der Waals surface area contributed by atoms with Gasteiger partial charge in [-0.3, -0.25) is 23.3 Å². The standard InChI is InChI=1S/C15H12FN5O3/c1-18-12-11(13(23)19(2)15(18)24)20-7-10(22)21(14(20)17-12)9-6-4-3-5-8(9)16/h3-6H,7H2,1-2H3. The summed E-state index contributed by atoms with van der Waals surface area (Å²) in [5.74, 6) is -0.855. The zero-order valence-electron chi connectivity index (χ0n) is 12.9. The molecule has 0 saturated carbocycles. The van der Waals surface area contributed by atoms with Gasteiger partial charge in [0.2, 0.25) is 5.95 Å². The molecular weight excluding hydrogens is 317 g/mol. The third kappa shape index (κ3) is 1.66. The van der Waals surface area contributed by atoms with Crippen molar-refractivity contribution in [1.29, 1.82) is 0 Å². The lowest BCUT2D eigenvalue weighted by Crippen LogP contribution is -2.37. The average Bonchev–Trinajstić information content (AvgIpc) is 3.06. The van der Waals surface area contributed by atoms with Gasteiger partial charge in [0.1, 0.15) is 12.4 Å². The van der Waals surface area contributed by atoms with Gasteiger partial charge in [-0.05, 0) is 12.1 Å². The Kier molecular flexibility index (Phi) is 2.77. The molecule has 0 saturated heterocycles. The number of carbonyl (C=O) groups is 1. The number of amides is 1. The maximum Gasteiger partial charge on any atom is 0.332 e. The Labute approximate surface area is 134 Å². The number of aromatic nitrogens is 4. The maximum absolute atomic E-state index is 14.1. The quantitative estimate of drug-likeness (QED) is 0.641. The van der Waals surface area contributed by atoms with Crippen LogP contribution in [0.15, 0.2) is 33.9 Å². The molecule has 1 amide bonds. The lowest BCUT2D eigenvalue weighted by Gasteiger charge is -2.14. The van der Waals surface area contributed by atoms with E-state index in [0.717, 1.165) is 9.47 Å². The Hall–Kier alpha value is -3.23. The third-order valence-electron chi connectivity index (χ3n) is 4.16. The smallest absolute Gasteiger partial charge is 0.294 e. The largest absolute Gasteiger partial charge is 0.332 e. The van der Waals surface area contributed by atoms with Crippen molar-refractivity contribution < 1.29 is 9.18 Å². The second-order valence-electron chi connectivity index (χ2n) is 5.56. The molecule has 4 rings (SSSR count). The first-order valence-corrected chi connectivity index (χ1v) is 7.15. The topological polar surface area (TPSA) is 82.1 Å². The number of nitrogens with zero attached hydrogens (tertiary/aromatic N) is 5. The van der Waals surface area contributed by atoms with E-state index < -0.39 is 23.0 Å². The summed E-state index contributed by atoms with van der Waals surface area (Å²) in [4.78, 5) is 42.2. The van der Waals surface area contributed by atoms with Crippen molar-refractivity contribution in [3.8, 4) is 0 Å². The minimum Gasteiger partial charge on any atom is -0.294 e. The normalized spacial score (nSPS) is 13.8. The minimum atomic E-state index is -0.576. The van der Waals surface area contributed by atoms with Crippen LogP contribution in [-0.2, 0) is 25.4 Å². The molecule has 1 aliphatic rings. The van der Waals surface area contributed by atoms with Crippen molar-refractivity contribution in [2.45, 2.75) is 6.54 Å². The number of benzene rings is 1. The summed E-state index contributed by atoms with van der Waals surface area (Å²) in [6.45, 7) is -0.145. The van der Waals surface area contributed by atoms with Gasteiger partial charge in [-0.25, -0.2) is 14.1 Å². The average molecular weight is 329 g/mol. The highest BCUT2D eigenvalue weighted by molar-refractivity contribution is 6.04. The molecule has 0 spiro atoms. The molecule has 2 aromatic heterocycles. The highest BCUT2D eigenvalue weighted by atomic mass is 19.1. The number of imidazole rings is 1. The molecule has 0 N–H and O–H groups in total. The second kappa shape index (κ2) is 4.63. The van der Waals surface area contributed by atoms with Crippen LogP contribution in [0.4, 0.5) is 16.0 Å². The van der Waals surface area contributed by atoms with Gasteiger partial charge < -0.3 is 0 Å². The first-order chi connectivity index (χ1) is 11.4. The first kappa shape index (κ1) is 14.4. The summed E-state index contributed by atoms with van der Waals surface area (Å²) in [5.41, 5.74) is -0.713. The van der Waals surface area contributed by atoms with Crippen LogP contribution >= 0.6 is 0 Å². The highest BCUT2D eigenvalue weighted by Gasteiger charge is 2.35. The lowest BCUT2D eigenvalue weighted by molar-refractivity contribution is -0.117. The van der Waals surface area contributed by atoms with Gasteiger partial charge in [0.05, 0.1) is 5.69 Å². The van der Waals surface area contributed by atoms with E-state index in [0.29, 0.717) is 0 Å². The zero-order valence-corrected chi connectivity index (χ0v) is 12.9. The van der Waals surface area contributed by atoms with Gasteiger partial charge in [0.15, 0.2) is 11.2 Å². The Morgan fingerprint density at radius 2 is 1.79 bits per heavy atom. The SMILES string of the molecule is Cn1c(=O)c2c(nc3n2CC(=O)N3c2ccccc2F)n(C)c1=O. The van der Waals surface area contributed by atoms with E-state index in [1.54, 1.807) is 6.07 Å². The molecule has 0 fully saturated rings. The molecule has 0 aliphatic carbocycles. The van der Waals surface area contributed by atoms with Crippen molar-refractivity contribution in [3.05, 3.63) is 50.9 Å². The van der Waals surface area contributed by atoms with Crippen LogP contribution in [0, 0.1) is 5.82 Å². The third-order valence-corrected chi connectivity index (χ3v) is 4.16. The van der Waals surface area contributed by atoms with Gasteiger partial charge in [0, 0.05) is 14.1 Å². The maximum atomic E-state index is 14.1. The lowest BCUT2D eigenvalue weighted by atomic mass is 10.3. The van der Waals surface area contributed by atoms with Crippen molar-refractivity contribution in [1.82, 2.24) is 18.7 Å². The van der Waals surface area contributed by atoms with Crippen LogP contribution in [0.2, 0.25) is 0 Å². The molecule has 3 aromatic rings. The molecule has 122 valence electrons. The van der Waals surface area contributed by atoms with Gasteiger partial charge >= 0.3 is 5.69 Å². The number of hydrogen-bond donors (Lipinski definition) is 0. The van der Waals surface area contributed by atoms with Crippen molar-refractivity contribution >= 4 is 28.7 Å². The molecule has 8 nitrogen and oxygen atoms in total. The number of para-hydroxylation sites is 1. The fourth-order valence-electron chi connectivity index (χ4n) is 2.95. The Morgan fingerprint density at radius 1 is 1.08 bits per heavy atom. The van der Waals surface area contributed by atoms with Crippen LogP contribution in [0.5, 0.6) is 0 Å². The Balaban J connectivity index is 2.08. The van der Waals surface area contributed by atoms with Crippen molar-refractivity contribution in [2.75, 3.05) is 4.90 Å². The Bertz CT molecular complexity index is 1140. The van der Waals surface area contributed by atoms with Crippen LogP contribution < -0.4 is 16.1 Å². The molecule has 0 radical (unpaired) electrons. The molecule has 0 bridgehead atoms. The van der Waals surface area contributed by atoms with Crippen LogP contribution in [-0.4, -0.2) is 24.6 Å². The van der Waals surface area contributed by atoms with Gasteiger partial charge in [-0.1, -0.05) is 12.1 Å². The number of hydrogen-bond acceptors (Lipinski definition) is 4. The predicted octanol–water partition coefficient (Wildman–Crippen LogP) is 0.251. The minimum absolute atomic E-state index is 0.0541. The molecule has 1 aliphatic heterocycles. The first-order valence-electron chi connectivity index (χ1n) is 7.15. The number of aryl methyl sites for hydroxylation is 1. The zero-order chi connectivity index (χ0) is 17.2. The highest BCUT2D eigenvalue weighted by Crippen LogP contribution is 2.33. The van der Waals surface area contributed by atoms with E-state index in [4.69, 9.17) is 0 Å². The molecule has 3 heterocycles. The summed E-state index contributed by atoms with van der Waals surface area (Å²) < 4.78 is 17.7.